The van der Waals surface area contributed by atoms with Gasteiger partial charge in [-0.25, -0.2) is 4.79 Å². The van der Waals surface area contributed by atoms with Crippen molar-refractivity contribution in [3.63, 3.8) is 0 Å². The van der Waals surface area contributed by atoms with Crippen LogP contribution in [0.3, 0.4) is 0 Å². The topological polar surface area (TPSA) is 98.0 Å². The molecule has 0 spiro atoms. The summed E-state index contributed by atoms with van der Waals surface area (Å²) in [5, 5.41) is 33.1. The lowest BCUT2D eigenvalue weighted by molar-refractivity contribution is 0.137. The molecule has 0 radical (unpaired) electrons. The van der Waals surface area contributed by atoms with Crippen LogP contribution in [0.2, 0.25) is 0 Å². The van der Waals surface area contributed by atoms with Crippen LogP contribution in [0.1, 0.15) is 115 Å². The second-order valence-corrected chi connectivity index (χ2v) is 9.28. The molecule has 5 nitrogen and oxygen atoms in total. The molecular weight excluding hydrogens is 452 g/mol. The molecule has 0 aliphatic heterocycles. The predicted molar refractivity (Wildman–Crippen MR) is 150 cm³/mol. The molecule has 36 heavy (non-hydrogen) atoms. The van der Waals surface area contributed by atoms with Gasteiger partial charge in [-0.2, -0.15) is 0 Å². The Morgan fingerprint density at radius 3 is 1.11 bits per heavy atom. The van der Waals surface area contributed by atoms with Gasteiger partial charge in [0.05, 0.1) is 0 Å². The van der Waals surface area contributed by atoms with Crippen molar-refractivity contribution in [2.75, 3.05) is 0 Å². The monoisotopic (exact) mass is 502 g/mol. The number of aromatic hydroxyl groups is 2. The number of phenolic OH excluding ortho intramolecular Hbond substituents is 2. The molecule has 2 aromatic carbocycles. The second-order valence-electron chi connectivity index (χ2n) is 9.28. The average Bonchev–Trinajstić information content (AvgIpc) is 2.85. The van der Waals surface area contributed by atoms with Gasteiger partial charge >= 0.3 is 6.16 Å². The van der Waals surface area contributed by atoms with Crippen LogP contribution in [0.4, 0.5) is 4.79 Å². The molecular formula is C31H50O5. The van der Waals surface area contributed by atoms with E-state index in [4.69, 9.17) is 15.0 Å². The minimum atomic E-state index is -1.83. The van der Waals surface area contributed by atoms with Gasteiger partial charge in [0, 0.05) is 0 Å². The zero-order chi connectivity index (χ0) is 26.9. The van der Waals surface area contributed by atoms with Gasteiger partial charge in [0.1, 0.15) is 11.5 Å². The van der Waals surface area contributed by atoms with Gasteiger partial charge in [-0.3, -0.25) is 0 Å². The summed E-state index contributed by atoms with van der Waals surface area (Å²) in [5.74, 6) is 0.905. The Kier molecular flexibility index (Phi) is 22.2. The fourth-order valence-electron chi connectivity index (χ4n) is 3.99. The van der Waals surface area contributed by atoms with E-state index < -0.39 is 6.16 Å². The number of carboxylic acid groups (broad SMARTS) is 2. The van der Waals surface area contributed by atoms with Crippen molar-refractivity contribution in [3.05, 3.63) is 59.7 Å². The van der Waals surface area contributed by atoms with Crippen LogP contribution in [0.15, 0.2) is 48.5 Å². The molecule has 204 valence electrons. The highest BCUT2D eigenvalue weighted by molar-refractivity contribution is 5.53. The summed E-state index contributed by atoms with van der Waals surface area (Å²) < 4.78 is 0. The van der Waals surface area contributed by atoms with E-state index in [9.17, 15) is 10.2 Å². The smallest absolute Gasteiger partial charge is 0.503 e. The molecule has 0 heterocycles. The second kappa shape index (κ2) is 24.0. The van der Waals surface area contributed by atoms with Gasteiger partial charge in [0.15, 0.2) is 0 Å². The van der Waals surface area contributed by atoms with E-state index in [0.717, 1.165) is 24.0 Å². The summed E-state index contributed by atoms with van der Waals surface area (Å²) in [5.41, 5.74) is 2.19. The minimum Gasteiger partial charge on any atom is -0.508 e. The van der Waals surface area contributed by atoms with Crippen LogP contribution >= 0.6 is 0 Å². The maximum atomic E-state index is 9.58. The maximum absolute atomic E-state index is 9.58. The number of rotatable bonds is 16. The van der Waals surface area contributed by atoms with E-state index in [0.29, 0.717) is 11.5 Å². The first-order valence-electron chi connectivity index (χ1n) is 13.9. The molecule has 0 atom stereocenters. The molecule has 5 heteroatoms. The molecule has 0 aliphatic carbocycles. The van der Waals surface area contributed by atoms with E-state index in [1.54, 1.807) is 12.1 Å². The highest BCUT2D eigenvalue weighted by Crippen LogP contribution is 2.20. The van der Waals surface area contributed by atoms with Gasteiger partial charge in [0.25, 0.3) is 0 Å². The summed E-state index contributed by atoms with van der Waals surface area (Å²) in [7, 11) is 0. The number of hydrogen-bond acceptors (Lipinski definition) is 3. The molecule has 4 N–H and O–H groups in total. The predicted octanol–water partition coefficient (Wildman–Crippen LogP) is 9.59. The van der Waals surface area contributed by atoms with Crippen molar-refractivity contribution in [1.82, 2.24) is 0 Å². The van der Waals surface area contributed by atoms with E-state index >= 15 is 0 Å². The van der Waals surface area contributed by atoms with Gasteiger partial charge in [-0.1, -0.05) is 127 Å². The zero-order valence-corrected chi connectivity index (χ0v) is 22.6. The van der Waals surface area contributed by atoms with Crippen LogP contribution < -0.4 is 0 Å². The molecule has 0 saturated carbocycles. The first-order chi connectivity index (χ1) is 17.4. The SMILES string of the molecule is CCCCCCCCCc1ccccc1O.CCCCCCCCCc1ccccc1O.O=C(O)O. The fourth-order valence-corrected chi connectivity index (χ4v) is 3.99. The third-order valence-corrected chi connectivity index (χ3v) is 6.08. The van der Waals surface area contributed by atoms with Gasteiger partial charge in [-0.05, 0) is 48.9 Å². The summed E-state index contributed by atoms with van der Waals surface area (Å²) in [6.45, 7) is 4.50. The summed E-state index contributed by atoms with van der Waals surface area (Å²) in [6.07, 6.45) is 18.7. The Hall–Kier alpha value is -2.69. The number of hydrogen-bond donors (Lipinski definition) is 4. The Bertz CT molecular complexity index is 712. The highest BCUT2D eigenvalue weighted by Gasteiger charge is 2.00. The first-order valence-corrected chi connectivity index (χ1v) is 13.9. The number of unbranched alkanes of at least 4 members (excludes halogenated alkanes) is 12. The number of aryl methyl sites for hydroxylation is 2. The standard InChI is InChI=1S/2C15H24O.CH2O3/c2*1-2-3-4-5-6-7-8-11-14-12-9-10-13-15(14)16;2-1(3)4/h2*9-10,12-13,16H,2-8,11H2,1H3;(H2,2,3,4). The fraction of sp³-hybridized carbons (Fsp3) is 0.581. The molecule has 0 aliphatic rings. The van der Waals surface area contributed by atoms with Crippen LogP contribution in [0.25, 0.3) is 0 Å². The Balaban J connectivity index is 0.000000593. The normalized spacial score (nSPS) is 10.1. The maximum Gasteiger partial charge on any atom is 0.503 e. The van der Waals surface area contributed by atoms with Crippen molar-refractivity contribution >= 4 is 6.16 Å². The summed E-state index contributed by atoms with van der Waals surface area (Å²) in [6, 6.07) is 15.3. The number of phenols is 2. The van der Waals surface area contributed by atoms with E-state index in [2.05, 4.69) is 13.8 Å². The zero-order valence-electron chi connectivity index (χ0n) is 22.6. The summed E-state index contributed by atoms with van der Waals surface area (Å²) in [4.78, 5) is 8.56. The molecule has 0 bridgehead atoms. The highest BCUT2D eigenvalue weighted by atomic mass is 16.6. The Morgan fingerprint density at radius 1 is 0.528 bits per heavy atom. The van der Waals surface area contributed by atoms with Crippen molar-refractivity contribution in [3.8, 4) is 11.5 Å². The first kappa shape index (κ1) is 33.3. The van der Waals surface area contributed by atoms with Gasteiger partial charge in [0.2, 0.25) is 0 Å². The van der Waals surface area contributed by atoms with Crippen LogP contribution in [0.5, 0.6) is 11.5 Å². The van der Waals surface area contributed by atoms with Crippen LogP contribution in [-0.2, 0) is 12.8 Å². The molecule has 2 aromatic rings. The molecule has 0 aromatic heterocycles. The quantitative estimate of drug-likeness (QED) is 0.171. The number of benzene rings is 2. The van der Waals surface area contributed by atoms with Crippen LogP contribution in [-0.4, -0.2) is 26.6 Å². The minimum absolute atomic E-state index is 0.452. The molecule has 0 amide bonds. The molecule has 2 rings (SSSR count). The van der Waals surface area contributed by atoms with Gasteiger partial charge < -0.3 is 20.4 Å². The Morgan fingerprint density at radius 2 is 0.806 bits per heavy atom. The lowest BCUT2D eigenvalue weighted by Crippen LogP contribution is -1.87. The van der Waals surface area contributed by atoms with Gasteiger partial charge in [-0.15, -0.1) is 0 Å². The molecule has 0 fully saturated rings. The Labute approximate surface area is 219 Å². The lowest BCUT2D eigenvalue weighted by atomic mass is 10.0. The van der Waals surface area contributed by atoms with Crippen molar-refractivity contribution < 1.29 is 25.2 Å². The summed E-state index contributed by atoms with van der Waals surface area (Å²) >= 11 is 0. The number of para-hydroxylation sites is 2. The third kappa shape index (κ3) is 20.7. The van der Waals surface area contributed by atoms with E-state index in [1.165, 1.54) is 89.9 Å². The molecule has 0 unspecified atom stereocenters. The third-order valence-electron chi connectivity index (χ3n) is 6.08. The van der Waals surface area contributed by atoms with Crippen molar-refractivity contribution in [2.45, 2.75) is 117 Å². The van der Waals surface area contributed by atoms with Crippen LogP contribution in [0, 0.1) is 0 Å². The molecule has 0 saturated heterocycles. The lowest BCUT2D eigenvalue weighted by Gasteiger charge is -2.04. The van der Waals surface area contributed by atoms with E-state index in [1.807, 2.05) is 36.4 Å². The largest absolute Gasteiger partial charge is 0.508 e. The average molecular weight is 503 g/mol. The van der Waals surface area contributed by atoms with Crippen molar-refractivity contribution in [2.24, 2.45) is 0 Å². The van der Waals surface area contributed by atoms with Crippen molar-refractivity contribution in [1.29, 1.82) is 0 Å². The van der Waals surface area contributed by atoms with E-state index in [-0.39, 0.29) is 0 Å². The number of carbonyl (C=O) groups is 1.